The van der Waals surface area contributed by atoms with Gasteiger partial charge in [0.05, 0.1) is 11.2 Å². The zero-order chi connectivity index (χ0) is 13.9. The van der Waals surface area contributed by atoms with Gasteiger partial charge in [0.2, 0.25) is 0 Å². The molecule has 0 spiro atoms. The zero-order valence-corrected chi connectivity index (χ0v) is 11.4. The summed E-state index contributed by atoms with van der Waals surface area (Å²) in [6.07, 6.45) is 1.79. The summed E-state index contributed by atoms with van der Waals surface area (Å²) in [6, 6.07) is 16.2. The lowest BCUT2D eigenvalue weighted by molar-refractivity contribution is 1.12. The van der Waals surface area contributed by atoms with Crippen LogP contribution in [0.3, 0.4) is 0 Å². The van der Waals surface area contributed by atoms with Crippen molar-refractivity contribution >= 4 is 22.3 Å². The summed E-state index contributed by atoms with van der Waals surface area (Å²) in [7, 11) is 0. The van der Waals surface area contributed by atoms with E-state index < -0.39 is 0 Å². The summed E-state index contributed by atoms with van der Waals surface area (Å²) in [6.45, 7) is 2.92. The molecule has 100 valence electrons. The van der Waals surface area contributed by atoms with Crippen LogP contribution in [-0.2, 0) is 6.54 Å². The van der Waals surface area contributed by atoms with Crippen LogP contribution in [0.2, 0.25) is 0 Å². The van der Waals surface area contributed by atoms with Gasteiger partial charge >= 0.3 is 0 Å². The van der Waals surface area contributed by atoms with E-state index in [1.807, 2.05) is 24.3 Å². The highest BCUT2D eigenvalue weighted by atomic mass is 14.9. The monoisotopic (exact) mass is 263 g/mol. The average molecular weight is 263 g/mol. The molecule has 0 aliphatic carbocycles. The van der Waals surface area contributed by atoms with Gasteiger partial charge in [-0.3, -0.25) is 4.98 Å². The van der Waals surface area contributed by atoms with Crippen molar-refractivity contribution in [3.8, 4) is 0 Å². The fourth-order valence-electron chi connectivity index (χ4n) is 2.35. The number of rotatable bonds is 3. The van der Waals surface area contributed by atoms with Crippen molar-refractivity contribution in [1.29, 1.82) is 0 Å². The number of aromatic nitrogens is 1. The van der Waals surface area contributed by atoms with E-state index in [2.05, 4.69) is 41.5 Å². The molecule has 0 fully saturated rings. The van der Waals surface area contributed by atoms with E-state index in [1.165, 1.54) is 11.1 Å². The molecule has 0 bridgehead atoms. The van der Waals surface area contributed by atoms with Gasteiger partial charge in [-0.25, -0.2) is 0 Å². The third kappa shape index (κ3) is 2.30. The van der Waals surface area contributed by atoms with Crippen molar-refractivity contribution in [3.63, 3.8) is 0 Å². The van der Waals surface area contributed by atoms with E-state index in [9.17, 15) is 0 Å². The summed E-state index contributed by atoms with van der Waals surface area (Å²) >= 11 is 0. The number of para-hydroxylation sites is 1. The van der Waals surface area contributed by atoms with E-state index in [0.29, 0.717) is 5.69 Å². The predicted molar refractivity (Wildman–Crippen MR) is 84.7 cm³/mol. The Balaban J connectivity index is 1.92. The van der Waals surface area contributed by atoms with Crippen LogP contribution in [0.15, 0.2) is 54.7 Å². The molecule has 3 heteroatoms. The van der Waals surface area contributed by atoms with Gasteiger partial charge in [-0.05, 0) is 30.2 Å². The first-order valence-corrected chi connectivity index (χ1v) is 6.67. The number of benzene rings is 2. The number of aryl methyl sites for hydroxylation is 1. The molecule has 0 atom stereocenters. The Bertz CT molecular complexity index is 750. The number of fused-ring (bicyclic) bond motifs is 1. The van der Waals surface area contributed by atoms with Gasteiger partial charge in [-0.1, -0.05) is 36.4 Å². The van der Waals surface area contributed by atoms with E-state index in [1.54, 1.807) is 6.20 Å². The lowest BCUT2D eigenvalue weighted by Gasteiger charge is -2.11. The van der Waals surface area contributed by atoms with Crippen LogP contribution < -0.4 is 11.1 Å². The first-order valence-electron chi connectivity index (χ1n) is 6.67. The maximum absolute atomic E-state index is 5.97. The Kier molecular flexibility index (Phi) is 3.25. The largest absolute Gasteiger partial charge is 0.397 e. The summed E-state index contributed by atoms with van der Waals surface area (Å²) < 4.78 is 0. The summed E-state index contributed by atoms with van der Waals surface area (Å²) in [5, 5.41) is 4.53. The third-order valence-corrected chi connectivity index (χ3v) is 3.53. The number of hydrogen-bond acceptors (Lipinski definition) is 3. The van der Waals surface area contributed by atoms with Crippen LogP contribution in [0, 0.1) is 6.92 Å². The molecule has 0 aliphatic rings. The Hall–Kier alpha value is -2.55. The molecule has 0 saturated heterocycles. The number of nitrogens with zero attached hydrogens (tertiary/aromatic N) is 1. The van der Waals surface area contributed by atoms with Gasteiger partial charge in [0, 0.05) is 23.8 Å². The highest BCUT2D eigenvalue weighted by Crippen LogP contribution is 2.25. The Morgan fingerprint density at radius 3 is 2.75 bits per heavy atom. The maximum atomic E-state index is 5.97. The van der Waals surface area contributed by atoms with Crippen LogP contribution in [0.5, 0.6) is 0 Å². The number of hydrogen-bond donors (Lipinski definition) is 2. The van der Waals surface area contributed by atoms with Crippen LogP contribution in [0.4, 0.5) is 11.4 Å². The van der Waals surface area contributed by atoms with Crippen LogP contribution >= 0.6 is 0 Å². The smallest absolute Gasteiger partial charge is 0.0951 e. The van der Waals surface area contributed by atoms with Crippen molar-refractivity contribution in [2.75, 3.05) is 11.1 Å². The topological polar surface area (TPSA) is 50.9 Å². The van der Waals surface area contributed by atoms with Crippen molar-refractivity contribution in [2.24, 2.45) is 0 Å². The second kappa shape index (κ2) is 5.21. The summed E-state index contributed by atoms with van der Waals surface area (Å²) in [4.78, 5) is 4.35. The molecular formula is C17H17N3. The average Bonchev–Trinajstić information content (AvgIpc) is 2.47. The molecule has 3 nitrogen and oxygen atoms in total. The van der Waals surface area contributed by atoms with Gasteiger partial charge in [0.15, 0.2) is 0 Å². The fourth-order valence-corrected chi connectivity index (χ4v) is 2.35. The third-order valence-electron chi connectivity index (χ3n) is 3.53. The Labute approximate surface area is 118 Å². The lowest BCUT2D eigenvalue weighted by atomic mass is 10.1. The quantitative estimate of drug-likeness (QED) is 0.708. The number of pyridine rings is 1. The molecule has 0 saturated carbocycles. The molecule has 3 N–H and O–H groups in total. The molecule has 2 aromatic carbocycles. The Morgan fingerprint density at radius 1 is 1.05 bits per heavy atom. The highest BCUT2D eigenvalue weighted by Gasteiger charge is 2.04. The molecular weight excluding hydrogens is 246 g/mol. The van der Waals surface area contributed by atoms with Crippen LogP contribution in [0.25, 0.3) is 10.9 Å². The number of anilines is 2. The fraction of sp³-hybridized carbons (Fsp3) is 0.118. The van der Waals surface area contributed by atoms with E-state index in [-0.39, 0.29) is 0 Å². The molecule has 0 radical (unpaired) electrons. The second-order valence-electron chi connectivity index (χ2n) is 4.88. The molecule has 3 rings (SSSR count). The van der Waals surface area contributed by atoms with Crippen molar-refractivity contribution < 1.29 is 0 Å². The van der Waals surface area contributed by atoms with Gasteiger partial charge in [-0.2, -0.15) is 0 Å². The minimum absolute atomic E-state index is 0.710. The van der Waals surface area contributed by atoms with Gasteiger partial charge < -0.3 is 11.1 Å². The minimum Gasteiger partial charge on any atom is -0.397 e. The molecule has 0 unspecified atom stereocenters. The summed E-state index contributed by atoms with van der Waals surface area (Å²) in [5.41, 5.74) is 11.2. The molecule has 1 heterocycles. The van der Waals surface area contributed by atoms with E-state index in [0.717, 1.165) is 23.1 Å². The standard InChI is InChI=1S/C17H17N3/c1-12-5-2-3-6-13(12)11-20-16-9-10-19-17-14(16)7-4-8-15(17)18/h2-10H,11,18H2,1H3,(H,19,20). The van der Waals surface area contributed by atoms with Gasteiger partial charge in [0.25, 0.3) is 0 Å². The zero-order valence-electron chi connectivity index (χ0n) is 11.4. The molecule has 0 amide bonds. The maximum Gasteiger partial charge on any atom is 0.0951 e. The SMILES string of the molecule is Cc1ccccc1CNc1ccnc2c(N)cccc12. The first kappa shape index (κ1) is 12.5. The van der Waals surface area contributed by atoms with Gasteiger partial charge in [0.1, 0.15) is 0 Å². The van der Waals surface area contributed by atoms with E-state index in [4.69, 9.17) is 5.73 Å². The highest BCUT2D eigenvalue weighted by molar-refractivity contribution is 5.97. The molecule has 0 aliphatic heterocycles. The van der Waals surface area contributed by atoms with Gasteiger partial charge in [-0.15, -0.1) is 0 Å². The molecule has 1 aromatic heterocycles. The molecule has 20 heavy (non-hydrogen) atoms. The van der Waals surface area contributed by atoms with E-state index >= 15 is 0 Å². The first-order chi connectivity index (χ1) is 9.75. The van der Waals surface area contributed by atoms with Crippen LogP contribution in [-0.4, -0.2) is 4.98 Å². The number of nitrogens with one attached hydrogen (secondary N) is 1. The number of nitrogen functional groups attached to an aromatic ring is 1. The van der Waals surface area contributed by atoms with Crippen LogP contribution in [0.1, 0.15) is 11.1 Å². The minimum atomic E-state index is 0.710. The van der Waals surface area contributed by atoms with Crippen molar-refractivity contribution in [1.82, 2.24) is 4.98 Å². The predicted octanol–water partition coefficient (Wildman–Crippen LogP) is 3.74. The number of nitrogens with two attached hydrogens (primary N) is 1. The van der Waals surface area contributed by atoms with Crippen molar-refractivity contribution in [3.05, 3.63) is 65.9 Å². The normalized spacial score (nSPS) is 10.7. The summed E-state index contributed by atoms with van der Waals surface area (Å²) in [5.74, 6) is 0. The Morgan fingerprint density at radius 2 is 1.90 bits per heavy atom. The molecule has 3 aromatic rings. The second-order valence-corrected chi connectivity index (χ2v) is 4.88. The lowest BCUT2D eigenvalue weighted by Crippen LogP contribution is -2.02. The van der Waals surface area contributed by atoms with Crippen molar-refractivity contribution in [2.45, 2.75) is 13.5 Å².